The molecule has 0 saturated heterocycles. The Hall–Kier alpha value is -4.22. The molecule has 1 aliphatic heterocycles. The van der Waals surface area contributed by atoms with Gasteiger partial charge >= 0.3 is 0 Å². The predicted molar refractivity (Wildman–Crippen MR) is 136 cm³/mol. The van der Waals surface area contributed by atoms with Crippen LogP contribution >= 0.6 is 11.6 Å². The largest absolute Gasteiger partial charge is 0.341 e. The lowest BCUT2D eigenvalue weighted by Crippen LogP contribution is -2.30. The standard InChI is InChI=1S/C29H21ClN2O3/c1-18-11-13-20(14-12-18)26(19-7-3-2-4-8-19)31-27(33)21-15-16-22-23(17-21)29(35)32(28(22)34)25-10-6-5-9-24(25)30/h2-17,26H,1H3,(H,31,33). The maximum absolute atomic E-state index is 13.3. The molecule has 0 fully saturated rings. The Labute approximate surface area is 208 Å². The molecule has 35 heavy (non-hydrogen) atoms. The van der Waals surface area contributed by atoms with Crippen LogP contribution in [0.2, 0.25) is 5.02 Å². The number of imide groups is 1. The molecule has 4 aromatic carbocycles. The summed E-state index contributed by atoms with van der Waals surface area (Å²) in [7, 11) is 0. The zero-order chi connectivity index (χ0) is 24.5. The number of hydrogen-bond acceptors (Lipinski definition) is 3. The van der Waals surface area contributed by atoms with Gasteiger partial charge in [-0.15, -0.1) is 0 Å². The van der Waals surface area contributed by atoms with E-state index in [0.29, 0.717) is 16.3 Å². The maximum atomic E-state index is 13.3. The lowest BCUT2D eigenvalue weighted by molar-refractivity contribution is 0.0922. The average Bonchev–Trinajstić information content (AvgIpc) is 3.13. The number of nitrogens with zero attached hydrogens (tertiary/aromatic N) is 1. The second-order valence-corrected chi connectivity index (χ2v) is 8.79. The molecule has 1 aliphatic rings. The Morgan fingerprint density at radius 3 is 2.11 bits per heavy atom. The highest BCUT2D eigenvalue weighted by atomic mass is 35.5. The molecule has 1 heterocycles. The second-order valence-electron chi connectivity index (χ2n) is 8.39. The molecule has 1 unspecified atom stereocenters. The van der Waals surface area contributed by atoms with Crippen LogP contribution in [0.1, 0.15) is 53.8 Å². The van der Waals surface area contributed by atoms with Crippen molar-refractivity contribution in [2.75, 3.05) is 4.90 Å². The van der Waals surface area contributed by atoms with Gasteiger partial charge in [-0.25, -0.2) is 4.90 Å². The van der Waals surface area contributed by atoms with Gasteiger partial charge in [-0.1, -0.05) is 83.9 Å². The summed E-state index contributed by atoms with van der Waals surface area (Å²) in [6.07, 6.45) is 0. The van der Waals surface area contributed by atoms with Crippen molar-refractivity contribution in [2.45, 2.75) is 13.0 Å². The van der Waals surface area contributed by atoms with E-state index in [-0.39, 0.29) is 23.1 Å². The summed E-state index contributed by atoms with van der Waals surface area (Å²) < 4.78 is 0. The molecule has 1 N–H and O–H groups in total. The summed E-state index contributed by atoms with van der Waals surface area (Å²) in [6, 6.07) is 28.5. The minimum Gasteiger partial charge on any atom is -0.341 e. The Kier molecular flexibility index (Phi) is 5.93. The minimum absolute atomic E-state index is 0.175. The third-order valence-electron chi connectivity index (χ3n) is 6.06. The molecule has 3 amide bonds. The predicted octanol–water partition coefficient (Wildman–Crippen LogP) is 5.97. The molecule has 0 radical (unpaired) electrons. The first kappa shape index (κ1) is 22.6. The zero-order valence-electron chi connectivity index (χ0n) is 18.9. The number of rotatable bonds is 5. The number of benzene rings is 4. The van der Waals surface area contributed by atoms with Crippen molar-refractivity contribution >= 4 is 35.0 Å². The molecule has 0 aliphatic carbocycles. The first-order valence-electron chi connectivity index (χ1n) is 11.1. The number of amides is 3. The number of fused-ring (bicyclic) bond motifs is 1. The quantitative estimate of drug-likeness (QED) is 0.358. The third kappa shape index (κ3) is 4.22. The fourth-order valence-electron chi connectivity index (χ4n) is 4.21. The Balaban J connectivity index is 1.46. The van der Waals surface area contributed by atoms with Crippen molar-refractivity contribution in [1.82, 2.24) is 5.32 Å². The summed E-state index contributed by atoms with van der Waals surface area (Å²) in [5.74, 6) is -1.32. The fraction of sp³-hybridized carbons (Fsp3) is 0.0690. The van der Waals surface area contributed by atoms with E-state index < -0.39 is 11.8 Å². The van der Waals surface area contributed by atoms with E-state index >= 15 is 0 Å². The van der Waals surface area contributed by atoms with Gasteiger partial charge in [0.2, 0.25) is 0 Å². The first-order valence-corrected chi connectivity index (χ1v) is 11.5. The van der Waals surface area contributed by atoms with E-state index in [2.05, 4.69) is 5.32 Å². The average molecular weight is 481 g/mol. The molecular formula is C29H21ClN2O3. The molecule has 0 bridgehead atoms. The minimum atomic E-state index is -0.508. The topological polar surface area (TPSA) is 66.5 Å². The van der Waals surface area contributed by atoms with Crippen LogP contribution in [-0.2, 0) is 0 Å². The molecule has 1 atom stereocenters. The molecule has 5 nitrogen and oxygen atoms in total. The molecule has 0 saturated carbocycles. The van der Waals surface area contributed by atoms with Gasteiger partial charge in [0.25, 0.3) is 17.7 Å². The van der Waals surface area contributed by atoms with Crippen LogP contribution in [0.15, 0.2) is 97.1 Å². The van der Waals surface area contributed by atoms with Gasteiger partial charge in [-0.2, -0.15) is 0 Å². The van der Waals surface area contributed by atoms with Crippen LogP contribution < -0.4 is 10.2 Å². The van der Waals surface area contributed by atoms with Gasteiger partial charge in [0.05, 0.1) is 27.9 Å². The molecule has 6 heteroatoms. The van der Waals surface area contributed by atoms with E-state index in [9.17, 15) is 14.4 Å². The summed E-state index contributed by atoms with van der Waals surface area (Å²) in [5, 5.41) is 3.38. The van der Waals surface area contributed by atoms with Crippen molar-refractivity contribution in [1.29, 1.82) is 0 Å². The van der Waals surface area contributed by atoms with Crippen LogP contribution in [-0.4, -0.2) is 17.7 Å². The lowest BCUT2D eigenvalue weighted by Gasteiger charge is -2.20. The number of hydrogen-bond donors (Lipinski definition) is 1. The van der Waals surface area contributed by atoms with Gasteiger partial charge in [0.15, 0.2) is 0 Å². The molecule has 0 spiro atoms. The number of carbonyl (C=O) groups excluding carboxylic acids is 3. The fourth-order valence-corrected chi connectivity index (χ4v) is 4.43. The van der Waals surface area contributed by atoms with Gasteiger partial charge in [-0.3, -0.25) is 14.4 Å². The number of para-hydroxylation sites is 1. The summed E-state index contributed by atoms with van der Waals surface area (Å²) in [5.41, 5.74) is 4.01. The van der Waals surface area contributed by atoms with Crippen molar-refractivity contribution in [3.63, 3.8) is 0 Å². The van der Waals surface area contributed by atoms with Crippen LogP contribution in [0.5, 0.6) is 0 Å². The van der Waals surface area contributed by atoms with Crippen LogP contribution in [0.3, 0.4) is 0 Å². The van der Waals surface area contributed by atoms with Crippen LogP contribution in [0.25, 0.3) is 0 Å². The molecule has 0 aromatic heterocycles. The molecule has 172 valence electrons. The van der Waals surface area contributed by atoms with E-state index in [1.165, 1.54) is 12.1 Å². The zero-order valence-corrected chi connectivity index (χ0v) is 19.6. The number of anilines is 1. The van der Waals surface area contributed by atoms with Crippen molar-refractivity contribution < 1.29 is 14.4 Å². The van der Waals surface area contributed by atoms with Gasteiger partial charge in [0, 0.05) is 5.56 Å². The van der Waals surface area contributed by atoms with Crippen LogP contribution in [0.4, 0.5) is 5.69 Å². The normalized spacial score (nSPS) is 13.5. The third-order valence-corrected chi connectivity index (χ3v) is 6.38. The maximum Gasteiger partial charge on any atom is 0.266 e. The van der Waals surface area contributed by atoms with Crippen molar-refractivity contribution in [2.24, 2.45) is 0 Å². The Bertz CT molecular complexity index is 1450. The van der Waals surface area contributed by atoms with Crippen molar-refractivity contribution in [3.05, 3.63) is 135 Å². The summed E-state index contributed by atoms with van der Waals surface area (Å²) in [6.45, 7) is 2.01. The van der Waals surface area contributed by atoms with Gasteiger partial charge < -0.3 is 5.32 Å². The van der Waals surface area contributed by atoms with E-state index in [0.717, 1.165) is 21.6 Å². The Morgan fingerprint density at radius 1 is 0.771 bits per heavy atom. The number of halogens is 1. The summed E-state index contributed by atoms with van der Waals surface area (Å²) in [4.78, 5) is 40.5. The van der Waals surface area contributed by atoms with E-state index in [1.54, 1.807) is 30.3 Å². The first-order chi connectivity index (χ1) is 16.9. The van der Waals surface area contributed by atoms with E-state index in [1.807, 2.05) is 61.5 Å². The molecule has 5 rings (SSSR count). The SMILES string of the molecule is Cc1ccc(C(NC(=O)c2ccc3c(c2)C(=O)N(c2ccccc2Cl)C3=O)c2ccccc2)cc1. The molecular weight excluding hydrogens is 460 g/mol. The highest BCUT2D eigenvalue weighted by molar-refractivity contribution is 6.39. The number of aryl methyl sites for hydroxylation is 1. The van der Waals surface area contributed by atoms with Gasteiger partial charge in [0.1, 0.15) is 0 Å². The van der Waals surface area contributed by atoms with Gasteiger partial charge in [-0.05, 0) is 48.4 Å². The molecule has 4 aromatic rings. The highest BCUT2D eigenvalue weighted by Gasteiger charge is 2.38. The Morgan fingerprint density at radius 2 is 1.40 bits per heavy atom. The highest BCUT2D eigenvalue weighted by Crippen LogP contribution is 2.33. The number of carbonyl (C=O) groups is 3. The van der Waals surface area contributed by atoms with Crippen LogP contribution in [0, 0.1) is 6.92 Å². The van der Waals surface area contributed by atoms with E-state index in [4.69, 9.17) is 11.6 Å². The number of nitrogens with one attached hydrogen (secondary N) is 1. The summed E-state index contributed by atoms with van der Waals surface area (Å²) >= 11 is 6.23. The monoisotopic (exact) mass is 480 g/mol. The lowest BCUT2D eigenvalue weighted by atomic mass is 9.97. The smallest absolute Gasteiger partial charge is 0.266 e. The second kappa shape index (κ2) is 9.20. The van der Waals surface area contributed by atoms with Crippen molar-refractivity contribution in [3.8, 4) is 0 Å².